The summed E-state index contributed by atoms with van der Waals surface area (Å²) in [7, 11) is 0. The van der Waals surface area contributed by atoms with Crippen LogP contribution in [-0.4, -0.2) is 21.7 Å². The molecule has 7 nitrogen and oxygen atoms in total. The minimum absolute atomic E-state index is 0.0199. The molecule has 0 aromatic heterocycles. The molecule has 0 heterocycles. The van der Waals surface area contributed by atoms with Gasteiger partial charge < -0.3 is 5.11 Å². The second-order valence-electron chi connectivity index (χ2n) is 3.63. The number of nitro groups is 1. The molecule has 0 spiro atoms. The second kappa shape index (κ2) is 6.33. The monoisotopic (exact) mass is 251 g/mol. The summed E-state index contributed by atoms with van der Waals surface area (Å²) in [6, 6.07) is 6.11. The largest absolute Gasteiger partial charge is 0.481 e. The van der Waals surface area contributed by atoms with Gasteiger partial charge in [0.05, 0.1) is 11.3 Å². The average molecular weight is 251 g/mol. The highest BCUT2D eigenvalue weighted by Crippen LogP contribution is 2.23. The van der Waals surface area contributed by atoms with Gasteiger partial charge in [0.2, 0.25) is 0 Å². The van der Waals surface area contributed by atoms with E-state index in [0.717, 1.165) is 0 Å². The van der Waals surface area contributed by atoms with Crippen molar-refractivity contribution in [1.29, 1.82) is 0 Å². The Kier molecular flexibility index (Phi) is 4.79. The molecule has 0 bridgehead atoms. The number of rotatable bonds is 6. The number of benzene rings is 1. The van der Waals surface area contributed by atoms with Gasteiger partial charge in [-0.15, -0.1) is 0 Å². The second-order valence-corrected chi connectivity index (χ2v) is 3.63. The molecule has 2 N–H and O–H groups in total. The van der Waals surface area contributed by atoms with Crippen LogP contribution in [0.15, 0.2) is 29.4 Å². The van der Waals surface area contributed by atoms with Gasteiger partial charge in [-0.05, 0) is 19.4 Å². The Hall–Kier alpha value is -2.44. The van der Waals surface area contributed by atoms with Crippen LogP contribution in [0.4, 0.5) is 11.4 Å². The van der Waals surface area contributed by atoms with E-state index < -0.39 is 10.9 Å². The van der Waals surface area contributed by atoms with Crippen LogP contribution in [0.5, 0.6) is 0 Å². The van der Waals surface area contributed by atoms with E-state index >= 15 is 0 Å². The lowest BCUT2D eigenvalue weighted by Gasteiger charge is -2.03. The van der Waals surface area contributed by atoms with Gasteiger partial charge in [0, 0.05) is 11.8 Å². The normalized spacial score (nSPS) is 11.1. The van der Waals surface area contributed by atoms with Gasteiger partial charge in [0.15, 0.2) is 0 Å². The minimum atomic E-state index is -0.907. The minimum Gasteiger partial charge on any atom is -0.481 e. The van der Waals surface area contributed by atoms with Crippen molar-refractivity contribution in [1.82, 2.24) is 0 Å². The van der Waals surface area contributed by atoms with E-state index in [1.807, 2.05) is 0 Å². The number of carbonyl (C=O) groups is 1. The Morgan fingerprint density at radius 3 is 2.72 bits per heavy atom. The van der Waals surface area contributed by atoms with Crippen molar-refractivity contribution < 1.29 is 14.8 Å². The number of hydrogen-bond donors (Lipinski definition) is 2. The van der Waals surface area contributed by atoms with E-state index in [9.17, 15) is 14.9 Å². The molecular formula is C11H13N3O4. The summed E-state index contributed by atoms with van der Waals surface area (Å²) in [5.74, 6) is -0.907. The van der Waals surface area contributed by atoms with Crippen LogP contribution in [0.2, 0.25) is 0 Å². The molecule has 7 heteroatoms. The predicted molar refractivity (Wildman–Crippen MR) is 66.7 cm³/mol. The summed E-state index contributed by atoms with van der Waals surface area (Å²) < 4.78 is 0. The average Bonchev–Trinajstić information content (AvgIpc) is 2.34. The molecule has 1 rings (SSSR count). The van der Waals surface area contributed by atoms with E-state index in [2.05, 4.69) is 10.5 Å². The first-order valence-corrected chi connectivity index (χ1v) is 5.25. The molecule has 0 saturated carbocycles. The van der Waals surface area contributed by atoms with E-state index in [0.29, 0.717) is 12.1 Å². The molecule has 1 aromatic carbocycles. The Labute approximate surface area is 103 Å². The SMILES string of the molecule is C/C(CCC(=O)O)=N/Nc1ccccc1[N+](=O)[O-]. The van der Waals surface area contributed by atoms with Gasteiger partial charge in [-0.2, -0.15) is 5.10 Å². The lowest BCUT2D eigenvalue weighted by atomic mass is 10.2. The first-order valence-electron chi connectivity index (χ1n) is 5.25. The van der Waals surface area contributed by atoms with Crippen LogP contribution >= 0.6 is 0 Å². The maximum Gasteiger partial charge on any atom is 0.303 e. The number of anilines is 1. The van der Waals surface area contributed by atoms with E-state index in [1.165, 1.54) is 12.1 Å². The van der Waals surface area contributed by atoms with Gasteiger partial charge in [-0.1, -0.05) is 12.1 Å². The standard InChI is InChI=1S/C11H13N3O4/c1-8(6-7-11(15)16)12-13-9-4-2-3-5-10(9)14(17)18/h2-5,13H,6-7H2,1H3,(H,15,16)/b12-8-. The van der Waals surface area contributed by atoms with Crippen LogP contribution < -0.4 is 5.43 Å². The molecule has 1 aromatic rings. The summed E-state index contributed by atoms with van der Waals surface area (Å²) in [5.41, 5.74) is 3.34. The molecular weight excluding hydrogens is 238 g/mol. The molecule has 0 saturated heterocycles. The first kappa shape index (κ1) is 13.6. The molecule has 0 aliphatic heterocycles. The molecule has 0 aliphatic rings. The highest BCUT2D eigenvalue weighted by molar-refractivity contribution is 5.85. The molecule has 0 unspecified atom stereocenters. The van der Waals surface area contributed by atoms with Crippen molar-refractivity contribution in [2.45, 2.75) is 19.8 Å². The maximum atomic E-state index is 10.7. The predicted octanol–water partition coefficient (Wildman–Crippen LogP) is 2.25. The summed E-state index contributed by atoms with van der Waals surface area (Å²) in [6.07, 6.45) is 0.275. The smallest absolute Gasteiger partial charge is 0.303 e. The number of hydrazone groups is 1. The van der Waals surface area contributed by atoms with Crippen LogP contribution in [0.25, 0.3) is 0 Å². The van der Waals surface area contributed by atoms with Crippen LogP contribution in [-0.2, 0) is 4.79 Å². The zero-order chi connectivity index (χ0) is 13.5. The molecule has 0 fully saturated rings. The van der Waals surface area contributed by atoms with E-state index in [1.54, 1.807) is 19.1 Å². The first-order chi connectivity index (χ1) is 8.50. The van der Waals surface area contributed by atoms with Crippen LogP contribution in [0.3, 0.4) is 0 Å². The molecule has 0 radical (unpaired) electrons. The molecule has 18 heavy (non-hydrogen) atoms. The number of hydrogen-bond acceptors (Lipinski definition) is 5. The van der Waals surface area contributed by atoms with E-state index in [-0.39, 0.29) is 17.8 Å². The van der Waals surface area contributed by atoms with Gasteiger partial charge >= 0.3 is 5.97 Å². The van der Waals surface area contributed by atoms with Crippen molar-refractivity contribution in [3.05, 3.63) is 34.4 Å². The summed E-state index contributed by atoms with van der Waals surface area (Å²) >= 11 is 0. The number of nitrogens with one attached hydrogen (secondary N) is 1. The number of para-hydroxylation sites is 2. The third-order valence-corrected chi connectivity index (χ3v) is 2.17. The molecule has 0 aliphatic carbocycles. The number of nitro benzene ring substituents is 1. The maximum absolute atomic E-state index is 10.7. The van der Waals surface area contributed by atoms with Gasteiger partial charge in [0.25, 0.3) is 5.69 Å². The highest BCUT2D eigenvalue weighted by Gasteiger charge is 2.11. The van der Waals surface area contributed by atoms with Gasteiger partial charge in [-0.3, -0.25) is 20.3 Å². The van der Waals surface area contributed by atoms with Gasteiger partial charge in [-0.25, -0.2) is 0 Å². The number of carboxylic acid groups (broad SMARTS) is 1. The van der Waals surface area contributed by atoms with Gasteiger partial charge in [0.1, 0.15) is 5.69 Å². The quantitative estimate of drug-likeness (QED) is 0.458. The van der Waals surface area contributed by atoms with Crippen molar-refractivity contribution in [3.63, 3.8) is 0 Å². The van der Waals surface area contributed by atoms with Crippen LogP contribution in [0.1, 0.15) is 19.8 Å². The van der Waals surface area contributed by atoms with E-state index in [4.69, 9.17) is 5.11 Å². The van der Waals surface area contributed by atoms with Crippen molar-refractivity contribution in [3.8, 4) is 0 Å². The zero-order valence-electron chi connectivity index (χ0n) is 9.79. The fourth-order valence-corrected chi connectivity index (χ4v) is 1.23. The Bertz CT molecular complexity index is 485. The fraction of sp³-hybridized carbons (Fsp3) is 0.273. The third-order valence-electron chi connectivity index (χ3n) is 2.17. The van der Waals surface area contributed by atoms with Crippen molar-refractivity contribution in [2.24, 2.45) is 5.10 Å². The Morgan fingerprint density at radius 1 is 1.44 bits per heavy atom. The Morgan fingerprint density at radius 2 is 2.11 bits per heavy atom. The number of aliphatic carboxylic acids is 1. The summed E-state index contributed by atoms with van der Waals surface area (Å²) in [6.45, 7) is 1.66. The van der Waals surface area contributed by atoms with Crippen molar-refractivity contribution in [2.75, 3.05) is 5.43 Å². The summed E-state index contributed by atoms with van der Waals surface area (Å²) in [4.78, 5) is 20.6. The number of carboxylic acids is 1. The molecule has 0 atom stereocenters. The number of nitrogens with zero attached hydrogens (tertiary/aromatic N) is 2. The molecule has 0 amide bonds. The zero-order valence-corrected chi connectivity index (χ0v) is 9.79. The Balaban J connectivity index is 2.70. The highest BCUT2D eigenvalue weighted by atomic mass is 16.6. The lowest BCUT2D eigenvalue weighted by molar-refractivity contribution is -0.384. The fourth-order valence-electron chi connectivity index (χ4n) is 1.23. The molecule has 96 valence electrons. The van der Waals surface area contributed by atoms with Crippen LogP contribution in [0, 0.1) is 10.1 Å². The summed E-state index contributed by atoms with van der Waals surface area (Å²) in [5, 5.41) is 23.1. The van der Waals surface area contributed by atoms with Crippen molar-refractivity contribution >= 4 is 23.1 Å². The third kappa shape index (κ3) is 4.20. The topological polar surface area (TPSA) is 105 Å². The lowest BCUT2D eigenvalue weighted by Crippen LogP contribution is -2.03.